The maximum atomic E-state index is 12.0. The number of nitrogens with zero attached hydrogens (tertiary/aromatic N) is 8. The van der Waals surface area contributed by atoms with Crippen molar-refractivity contribution in [3.8, 4) is 0 Å². The van der Waals surface area contributed by atoms with E-state index < -0.39 is 0 Å². The van der Waals surface area contributed by atoms with Gasteiger partial charge in [-0.15, -0.1) is 0 Å². The van der Waals surface area contributed by atoms with E-state index in [0.29, 0.717) is 11.9 Å². The van der Waals surface area contributed by atoms with Gasteiger partial charge in [-0.2, -0.15) is 0 Å². The Labute approximate surface area is 367 Å². The Kier molecular flexibility index (Phi) is 22.5. The number of rotatable bonds is 12. The Bertz CT molecular complexity index is 992. The molecular formula is C50H100N8O. The highest BCUT2D eigenvalue weighted by molar-refractivity contribution is 5.78. The van der Waals surface area contributed by atoms with E-state index in [1.165, 1.54) is 149 Å². The maximum Gasteiger partial charge on any atom is 0.225 e. The fraction of sp³-hybridized carbons (Fsp3) is 0.980. The van der Waals surface area contributed by atoms with E-state index >= 15 is 0 Å². The molecule has 6 fully saturated rings. The van der Waals surface area contributed by atoms with Crippen molar-refractivity contribution in [2.24, 2.45) is 29.6 Å². The number of piperazine rings is 2. The van der Waals surface area contributed by atoms with Crippen LogP contribution in [0.25, 0.3) is 0 Å². The topological polar surface area (TPSA) is 43.0 Å². The minimum absolute atomic E-state index is 0.136. The summed E-state index contributed by atoms with van der Waals surface area (Å²) in [6.45, 7) is 49.3. The first kappa shape index (κ1) is 50.8. The van der Waals surface area contributed by atoms with Gasteiger partial charge in [-0.3, -0.25) is 14.6 Å². The summed E-state index contributed by atoms with van der Waals surface area (Å²) in [4.78, 5) is 32.4. The summed E-state index contributed by atoms with van der Waals surface area (Å²) in [5.41, 5.74) is 0. The van der Waals surface area contributed by atoms with Gasteiger partial charge in [0, 0.05) is 102 Å². The van der Waals surface area contributed by atoms with Crippen molar-refractivity contribution >= 4 is 5.91 Å². The highest BCUT2D eigenvalue weighted by Crippen LogP contribution is 2.31. The van der Waals surface area contributed by atoms with Crippen LogP contribution in [0.15, 0.2) is 0 Å². The molecule has 59 heavy (non-hydrogen) atoms. The van der Waals surface area contributed by atoms with E-state index in [2.05, 4.69) is 104 Å². The lowest BCUT2D eigenvalue weighted by Gasteiger charge is -2.40. The average molecular weight is 829 g/mol. The Morgan fingerprint density at radius 2 is 0.610 bits per heavy atom. The molecular weight excluding hydrogens is 729 g/mol. The molecule has 0 saturated carbocycles. The van der Waals surface area contributed by atoms with E-state index in [1.54, 1.807) is 0 Å². The molecule has 0 spiro atoms. The first-order valence-electron chi connectivity index (χ1n) is 25.5. The van der Waals surface area contributed by atoms with Gasteiger partial charge in [0.05, 0.1) is 0 Å². The molecule has 0 aromatic heterocycles. The highest BCUT2D eigenvalue weighted by Gasteiger charge is 2.29. The summed E-state index contributed by atoms with van der Waals surface area (Å²) in [6.07, 6.45) is 12.8. The average Bonchev–Trinajstić information content (AvgIpc) is 3.22. The Morgan fingerprint density at radius 3 is 0.881 bits per heavy atom. The van der Waals surface area contributed by atoms with Crippen LogP contribution in [-0.2, 0) is 4.79 Å². The highest BCUT2D eigenvalue weighted by atomic mass is 16.2. The number of likely N-dealkylation sites (tertiary alicyclic amines) is 4. The summed E-state index contributed by atoms with van der Waals surface area (Å²) in [6, 6.07) is 3.63. The van der Waals surface area contributed by atoms with Gasteiger partial charge in [0.1, 0.15) is 0 Å². The van der Waals surface area contributed by atoms with E-state index in [1.807, 2.05) is 18.7 Å². The van der Waals surface area contributed by atoms with Crippen molar-refractivity contribution in [1.29, 1.82) is 0 Å². The van der Waals surface area contributed by atoms with Crippen LogP contribution in [0.3, 0.4) is 0 Å². The third kappa shape index (κ3) is 17.7. The number of carbonyl (C=O) groups excluding carboxylic acids is 1. The molecule has 0 aromatic rings. The minimum atomic E-state index is 0.136. The van der Waals surface area contributed by atoms with Gasteiger partial charge in [0.2, 0.25) is 5.91 Å². The van der Waals surface area contributed by atoms with Crippen LogP contribution in [0.5, 0.6) is 0 Å². The van der Waals surface area contributed by atoms with Gasteiger partial charge < -0.3 is 29.4 Å². The fourth-order valence-electron chi connectivity index (χ4n) is 10.9. The zero-order valence-electron chi connectivity index (χ0n) is 41.4. The van der Waals surface area contributed by atoms with Gasteiger partial charge in [-0.25, -0.2) is 0 Å². The van der Waals surface area contributed by atoms with Crippen LogP contribution >= 0.6 is 0 Å². The van der Waals surface area contributed by atoms with Crippen LogP contribution in [0.1, 0.15) is 141 Å². The lowest BCUT2D eigenvalue weighted by molar-refractivity contribution is -0.136. The molecule has 6 heterocycles. The van der Waals surface area contributed by atoms with Gasteiger partial charge in [-0.05, 0) is 203 Å². The molecule has 0 unspecified atom stereocenters. The second kappa shape index (κ2) is 26.1. The van der Waals surface area contributed by atoms with E-state index in [4.69, 9.17) is 0 Å². The predicted molar refractivity (Wildman–Crippen MR) is 253 cm³/mol. The number of hydrogen-bond acceptors (Lipinski definition) is 8. The zero-order valence-corrected chi connectivity index (χ0v) is 41.4. The molecule has 0 aliphatic carbocycles. The van der Waals surface area contributed by atoms with Crippen LogP contribution < -0.4 is 0 Å². The van der Waals surface area contributed by atoms with Gasteiger partial charge in [0.15, 0.2) is 0 Å². The third-order valence-corrected chi connectivity index (χ3v) is 15.5. The van der Waals surface area contributed by atoms with Crippen molar-refractivity contribution in [1.82, 2.24) is 39.2 Å². The monoisotopic (exact) mass is 829 g/mol. The van der Waals surface area contributed by atoms with Crippen LogP contribution in [0, 0.1) is 29.6 Å². The number of carbonyl (C=O) groups is 1. The van der Waals surface area contributed by atoms with Crippen LogP contribution in [0.4, 0.5) is 0 Å². The maximum absolute atomic E-state index is 12.0. The number of piperidine rings is 4. The molecule has 346 valence electrons. The van der Waals surface area contributed by atoms with Crippen molar-refractivity contribution in [2.45, 2.75) is 171 Å². The Morgan fingerprint density at radius 1 is 0.356 bits per heavy atom. The van der Waals surface area contributed by atoms with E-state index in [0.717, 1.165) is 74.0 Å². The first-order chi connectivity index (χ1) is 28.1. The number of hydrogen-bond donors (Lipinski definition) is 0. The molecule has 0 radical (unpaired) electrons. The standard InChI is InChI=1S/C17H33N3O.C17H34N2.C16H33N3/c1-14(2)17(21)20-11-9-18(10-12-20)13-16-5-7-19(8-6-16)15(3)4;1-14(2)18-9-5-16(6-10-18)13-17-7-11-19(12-8-17)15(3)4;1-14(2)18-7-5-16(6-8-18)13-17-9-11-19(12-10-17)15(3)4/h14-16H,5-13H2,1-4H3;14-17H,5-13H2,1-4H3;14-16H,5-13H2,1-4H3. The van der Waals surface area contributed by atoms with Crippen molar-refractivity contribution in [2.75, 3.05) is 118 Å². The normalized spacial score (nSPS) is 24.7. The molecule has 1 amide bonds. The molecule has 0 N–H and O–H groups in total. The number of amides is 1. The smallest absolute Gasteiger partial charge is 0.225 e. The van der Waals surface area contributed by atoms with Crippen LogP contribution in [-0.4, -0.2) is 193 Å². The predicted octanol–water partition coefficient (Wildman–Crippen LogP) is 7.66. The zero-order chi connectivity index (χ0) is 43.1. The van der Waals surface area contributed by atoms with Crippen LogP contribution in [0.2, 0.25) is 0 Å². The molecule has 9 heteroatoms. The lowest BCUT2D eigenvalue weighted by Crippen LogP contribution is -2.51. The molecule has 6 saturated heterocycles. The summed E-state index contributed by atoms with van der Waals surface area (Å²) in [5.74, 6) is 4.29. The van der Waals surface area contributed by atoms with E-state index in [-0.39, 0.29) is 5.92 Å². The van der Waals surface area contributed by atoms with Gasteiger partial charge in [-0.1, -0.05) is 13.8 Å². The van der Waals surface area contributed by atoms with Crippen molar-refractivity contribution in [3.05, 3.63) is 0 Å². The molecule has 0 aromatic carbocycles. The summed E-state index contributed by atoms with van der Waals surface area (Å²) >= 11 is 0. The third-order valence-electron chi connectivity index (χ3n) is 15.5. The quantitative estimate of drug-likeness (QED) is 0.199. The minimum Gasteiger partial charge on any atom is -0.340 e. The lowest BCUT2D eigenvalue weighted by atomic mass is 9.82. The SMILES string of the molecule is CC(C)C(=O)N1CCN(CC2CCN(C(C)C)CC2)CC1.CC(C)N1CCC(CC2CCN(C(C)C)CC2)CC1.CC(C)N1CCC(CN2CCN(C(C)C)CC2)CC1. The Balaban J connectivity index is 0.000000196. The summed E-state index contributed by atoms with van der Waals surface area (Å²) < 4.78 is 0. The largest absolute Gasteiger partial charge is 0.340 e. The van der Waals surface area contributed by atoms with E-state index in [9.17, 15) is 4.79 Å². The molecule has 6 rings (SSSR count). The molecule has 0 atom stereocenters. The fourth-order valence-corrected chi connectivity index (χ4v) is 10.9. The molecule has 0 bridgehead atoms. The summed E-state index contributed by atoms with van der Waals surface area (Å²) in [7, 11) is 0. The Hall–Kier alpha value is -0.810. The second-order valence-corrected chi connectivity index (χ2v) is 21.7. The van der Waals surface area contributed by atoms with Gasteiger partial charge >= 0.3 is 0 Å². The van der Waals surface area contributed by atoms with Crippen molar-refractivity contribution < 1.29 is 4.79 Å². The summed E-state index contributed by atoms with van der Waals surface area (Å²) in [5, 5.41) is 0. The van der Waals surface area contributed by atoms with Crippen molar-refractivity contribution in [3.63, 3.8) is 0 Å². The first-order valence-corrected chi connectivity index (χ1v) is 25.5. The molecule has 6 aliphatic heterocycles. The molecule has 6 aliphatic rings. The molecule has 9 nitrogen and oxygen atoms in total. The van der Waals surface area contributed by atoms with Gasteiger partial charge in [0.25, 0.3) is 0 Å². The second-order valence-electron chi connectivity index (χ2n) is 21.7.